The van der Waals surface area contributed by atoms with Gasteiger partial charge in [-0.25, -0.2) is 0 Å². The first-order valence-electron chi connectivity index (χ1n) is 9.79. The van der Waals surface area contributed by atoms with Crippen molar-refractivity contribution in [3.8, 4) is 39.6 Å². The Hall–Kier alpha value is -2.41. The van der Waals surface area contributed by atoms with Crippen molar-refractivity contribution in [1.29, 1.82) is 0 Å². The summed E-state index contributed by atoms with van der Waals surface area (Å²) in [6, 6.07) is 8.28. The molecule has 2 aliphatic heterocycles. The zero-order chi connectivity index (χ0) is 20.5. The minimum atomic E-state index is 0. The summed E-state index contributed by atoms with van der Waals surface area (Å²) in [7, 11) is 5.02. The molecular weight excluding hydrogens is 437 g/mol. The lowest BCUT2D eigenvalue weighted by molar-refractivity contribution is 0.354. The van der Waals surface area contributed by atoms with E-state index in [1.807, 2.05) is 6.07 Å². The number of nitrogens with two attached hydrogens (primary N) is 1. The van der Waals surface area contributed by atoms with Gasteiger partial charge in [-0.15, -0.1) is 24.8 Å². The molecular formula is C23H29Cl2N3O3. The van der Waals surface area contributed by atoms with E-state index in [1.165, 1.54) is 22.4 Å². The number of pyridine rings is 1. The van der Waals surface area contributed by atoms with Crippen LogP contribution in [0.5, 0.6) is 17.2 Å². The van der Waals surface area contributed by atoms with Gasteiger partial charge in [-0.3, -0.25) is 4.99 Å². The first kappa shape index (κ1) is 24.9. The summed E-state index contributed by atoms with van der Waals surface area (Å²) in [6.07, 6.45) is 3.12. The highest BCUT2D eigenvalue weighted by Gasteiger charge is 2.24. The fraction of sp³-hybridized carbons (Fsp3) is 0.348. The van der Waals surface area contributed by atoms with E-state index in [4.69, 9.17) is 24.9 Å². The van der Waals surface area contributed by atoms with Crippen LogP contribution in [-0.4, -0.2) is 39.0 Å². The van der Waals surface area contributed by atoms with Gasteiger partial charge in [0.1, 0.15) is 11.1 Å². The molecule has 0 saturated heterocycles. The fourth-order valence-corrected chi connectivity index (χ4v) is 4.24. The molecule has 1 aromatic rings. The van der Waals surface area contributed by atoms with Crippen LogP contribution >= 0.6 is 24.8 Å². The molecule has 0 bridgehead atoms. The number of aromatic nitrogens is 1. The summed E-state index contributed by atoms with van der Waals surface area (Å²) in [6.45, 7) is 4.13. The summed E-state index contributed by atoms with van der Waals surface area (Å²) in [5, 5.41) is 0.868. The van der Waals surface area contributed by atoms with Crippen molar-refractivity contribution in [2.24, 2.45) is 10.7 Å². The van der Waals surface area contributed by atoms with Gasteiger partial charge in [0.2, 0.25) is 0 Å². The third-order valence-corrected chi connectivity index (χ3v) is 5.62. The number of ether oxygens (including phenoxy) is 3. The molecule has 0 aromatic heterocycles. The highest BCUT2D eigenvalue weighted by atomic mass is 35.5. The van der Waals surface area contributed by atoms with Crippen molar-refractivity contribution in [3.05, 3.63) is 46.9 Å². The topological polar surface area (TPSA) is 71.0 Å². The van der Waals surface area contributed by atoms with E-state index >= 15 is 0 Å². The van der Waals surface area contributed by atoms with Crippen molar-refractivity contribution in [2.45, 2.75) is 19.9 Å². The van der Waals surface area contributed by atoms with Crippen LogP contribution in [-0.2, 0) is 13.0 Å². The molecule has 0 atom stereocenters. The first-order valence-corrected chi connectivity index (χ1v) is 9.79. The molecule has 6 nitrogen and oxygen atoms in total. The highest BCUT2D eigenvalue weighted by molar-refractivity contribution is 5.85. The number of fused-ring (bicyclic) bond motifs is 4. The maximum Gasteiger partial charge on any atom is 0.161 e. The van der Waals surface area contributed by atoms with Gasteiger partial charge in [0.05, 0.1) is 33.6 Å². The van der Waals surface area contributed by atoms with Crippen LogP contribution in [0.3, 0.4) is 0 Å². The average Bonchev–Trinajstić information content (AvgIpc) is 2.76. The zero-order valence-corrected chi connectivity index (χ0v) is 19.9. The van der Waals surface area contributed by atoms with Crippen LogP contribution in [0.4, 0.5) is 0 Å². The van der Waals surface area contributed by atoms with Gasteiger partial charge in [0.25, 0.3) is 0 Å². The third-order valence-electron chi connectivity index (χ3n) is 5.62. The van der Waals surface area contributed by atoms with Gasteiger partial charge in [0.15, 0.2) is 11.5 Å². The van der Waals surface area contributed by atoms with E-state index in [0.717, 1.165) is 46.7 Å². The predicted molar refractivity (Wildman–Crippen MR) is 129 cm³/mol. The number of halogens is 2. The summed E-state index contributed by atoms with van der Waals surface area (Å²) in [5.41, 5.74) is 12.8. The van der Waals surface area contributed by atoms with Gasteiger partial charge in [0, 0.05) is 30.4 Å². The molecule has 1 aromatic carbocycles. The minimum Gasteiger partial charge on any atom is -0.494 e. The molecule has 0 saturated carbocycles. The number of hydrogen-bond acceptors (Lipinski definition) is 5. The molecule has 0 spiro atoms. The van der Waals surface area contributed by atoms with Crippen LogP contribution in [0.25, 0.3) is 22.4 Å². The Morgan fingerprint density at radius 1 is 0.935 bits per heavy atom. The fourth-order valence-electron chi connectivity index (χ4n) is 4.24. The number of rotatable bonds is 5. The zero-order valence-electron chi connectivity index (χ0n) is 18.2. The van der Waals surface area contributed by atoms with E-state index in [0.29, 0.717) is 13.1 Å². The number of methoxy groups -OCH3 is 3. The summed E-state index contributed by atoms with van der Waals surface area (Å²) >= 11 is 0. The normalized spacial score (nSPS) is 12.4. The molecule has 31 heavy (non-hydrogen) atoms. The molecule has 8 heteroatoms. The lowest BCUT2D eigenvalue weighted by Crippen LogP contribution is -2.20. The Kier molecular flexibility index (Phi) is 8.23. The van der Waals surface area contributed by atoms with Gasteiger partial charge >= 0.3 is 0 Å². The summed E-state index contributed by atoms with van der Waals surface area (Å²) in [5.74, 6) is 2.28. The second-order valence-corrected chi connectivity index (χ2v) is 7.16. The number of aryl methyl sites for hydroxylation is 2. The molecule has 2 heterocycles. The van der Waals surface area contributed by atoms with E-state index in [-0.39, 0.29) is 24.8 Å². The standard InChI is InChI=1S/C23H27N3O3.2ClH/c1-14-16-5-6-19(27-2)22(25-9-8-24)18(16)13-26-10-7-15-11-20(28-3)21(29-4)12-17(15)23(14)26;;/h5-6,11-13H,7-10,24H2,1-4H3;2*1H. The van der Waals surface area contributed by atoms with Crippen LogP contribution in [0.15, 0.2) is 35.5 Å². The van der Waals surface area contributed by atoms with Crippen LogP contribution in [0.2, 0.25) is 0 Å². The number of nitrogens with zero attached hydrogens (tertiary/aromatic N) is 2. The van der Waals surface area contributed by atoms with E-state index in [9.17, 15) is 0 Å². The molecule has 0 fully saturated rings. The van der Waals surface area contributed by atoms with Crippen molar-refractivity contribution in [3.63, 3.8) is 0 Å². The second kappa shape index (κ2) is 10.3. The van der Waals surface area contributed by atoms with Crippen molar-refractivity contribution in [1.82, 2.24) is 4.57 Å². The predicted octanol–water partition coefficient (Wildman–Crippen LogP) is 3.85. The van der Waals surface area contributed by atoms with Gasteiger partial charge < -0.3 is 24.5 Å². The minimum absolute atomic E-state index is 0. The largest absolute Gasteiger partial charge is 0.494 e. The maximum atomic E-state index is 5.69. The SMILES string of the molecule is COc1cc2c(cc1OC)-c1c(C)c3ccc(OC)c(=NCCN)c-3cn1CC2.Cl.Cl. The smallest absolute Gasteiger partial charge is 0.161 e. The van der Waals surface area contributed by atoms with Gasteiger partial charge in [-0.05, 0) is 48.2 Å². The molecule has 3 aliphatic rings. The molecule has 168 valence electrons. The average molecular weight is 466 g/mol. The summed E-state index contributed by atoms with van der Waals surface area (Å²) < 4.78 is 18.9. The van der Waals surface area contributed by atoms with E-state index in [2.05, 4.69) is 35.9 Å². The molecule has 1 aliphatic carbocycles. The van der Waals surface area contributed by atoms with Crippen LogP contribution < -0.4 is 25.3 Å². The lowest BCUT2D eigenvalue weighted by atomic mass is 9.89. The van der Waals surface area contributed by atoms with Crippen LogP contribution in [0.1, 0.15) is 11.1 Å². The van der Waals surface area contributed by atoms with Crippen molar-refractivity contribution < 1.29 is 14.2 Å². The Morgan fingerprint density at radius 3 is 2.26 bits per heavy atom. The Morgan fingerprint density at radius 2 is 1.61 bits per heavy atom. The number of hydrogen-bond donors (Lipinski definition) is 1. The van der Waals surface area contributed by atoms with Gasteiger partial charge in [-0.1, -0.05) is 6.07 Å². The van der Waals surface area contributed by atoms with E-state index < -0.39 is 0 Å². The maximum absolute atomic E-state index is 5.69. The van der Waals surface area contributed by atoms with Crippen molar-refractivity contribution in [2.75, 3.05) is 34.4 Å². The van der Waals surface area contributed by atoms with E-state index in [1.54, 1.807) is 21.3 Å². The molecule has 2 N–H and O–H groups in total. The quantitative estimate of drug-likeness (QED) is 0.620. The monoisotopic (exact) mass is 465 g/mol. The molecule has 0 unspecified atom stereocenters. The summed E-state index contributed by atoms with van der Waals surface area (Å²) in [4.78, 5) is 4.71. The Balaban J connectivity index is 0.00000171. The van der Waals surface area contributed by atoms with Crippen LogP contribution in [0, 0.1) is 6.92 Å². The second-order valence-electron chi connectivity index (χ2n) is 7.16. The van der Waals surface area contributed by atoms with Gasteiger partial charge in [-0.2, -0.15) is 0 Å². The molecule has 0 amide bonds. The lowest BCUT2D eigenvalue weighted by Gasteiger charge is -2.28. The molecule has 0 radical (unpaired) electrons. The number of benzene rings is 2. The Labute approximate surface area is 195 Å². The molecule has 4 rings (SSSR count). The first-order chi connectivity index (χ1) is 14.1. The highest BCUT2D eigenvalue weighted by Crippen LogP contribution is 2.42. The third kappa shape index (κ3) is 4.20. The van der Waals surface area contributed by atoms with Crippen molar-refractivity contribution >= 4 is 24.8 Å². The Bertz CT molecular complexity index is 1110.